The van der Waals surface area contributed by atoms with Crippen LogP contribution in [0.4, 0.5) is 5.69 Å². The molecule has 1 aliphatic heterocycles. The van der Waals surface area contributed by atoms with Crippen molar-refractivity contribution in [2.45, 2.75) is 20.5 Å². The molecule has 2 aromatic carbocycles. The summed E-state index contributed by atoms with van der Waals surface area (Å²) < 4.78 is 13.4. The van der Waals surface area contributed by atoms with Gasteiger partial charge in [-0.05, 0) is 55.4 Å². The second-order valence-corrected chi connectivity index (χ2v) is 7.64. The molecule has 30 heavy (non-hydrogen) atoms. The zero-order chi connectivity index (χ0) is 20.9. The summed E-state index contributed by atoms with van der Waals surface area (Å²) in [5.74, 6) is 1.44. The Morgan fingerprint density at radius 1 is 1.17 bits per heavy atom. The topological polar surface area (TPSA) is 67.7 Å². The summed E-state index contributed by atoms with van der Waals surface area (Å²) in [4.78, 5) is 2.32. The first-order valence-corrected chi connectivity index (χ1v) is 10.3. The summed E-state index contributed by atoms with van der Waals surface area (Å²) in [6, 6.07) is 14.4. The molecule has 0 bridgehead atoms. The fourth-order valence-corrected chi connectivity index (χ4v) is 3.56. The second kappa shape index (κ2) is 9.23. The molecular weight excluding hydrogens is 398 g/mol. The highest BCUT2D eigenvalue weighted by atomic mass is 32.1. The fraction of sp³-hybridized carbons (Fsp3) is 0.318. The average Bonchev–Trinajstić information content (AvgIpc) is 3.12. The van der Waals surface area contributed by atoms with E-state index in [9.17, 15) is 0 Å². The molecule has 156 valence electrons. The van der Waals surface area contributed by atoms with Crippen LogP contribution in [0, 0.1) is 18.6 Å². The van der Waals surface area contributed by atoms with Crippen molar-refractivity contribution in [1.29, 1.82) is 0 Å². The molecular formula is C22H25N5O2S. The molecule has 1 N–H and O–H groups in total. The first-order chi connectivity index (χ1) is 14.6. The zero-order valence-corrected chi connectivity index (χ0v) is 18.0. The van der Waals surface area contributed by atoms with Crippen LogP contribution in [0.2, 0.25) is 0 Å². The van der Waals surface area contributed by atoms with Gasteiger partial charge in [0.1, 0.15) is 12.4 Å². The smallest absolute Gasteiger partial charge is 0.216 e. The normalized spacial score (nSPS) is 14.4. The lowest BCUT2D eigenvalue weighted by atomic mass is 10.1. The molecule has 8 heteroatoms. The summed E-state index contributed by atoms with van der Waals surface area (Å²) in [7, 11) is 0. The summed E-state index contributed by atoms with van der Waals surface area (Å²) in [6.45, 7) is 7.74. The molecule has 0 unspecified atom stereocenters. The zero-order valence-electron chi connectivity index (χ0n) is 17.2. The fourth-order valence-electron chi connectivity index (χ4n) is 3.36. The van der Waals surface area contributed by atoms with Gasteiger partial charge in [-0.2, -0.15) is 14.9 Å². The van der Waals surface area contributed by atoms with Crippen LogP contribution < -0.4 is 9.64 Å². The minimum absolute atomic E-state index is 0.268. The summed E-state index contributed by atoms with van der Waals surface area (Å²) in [5, 5.41) is 11.6. The highest BCUT2D eigenvalue weighted by molar-refractivity contribution is 7.71. The van der Waals surface area contributed by atoms with Gasteiger partial charge in [0.25, 0.3) is 0 Å². The number of nitrogens with zero attached hydrogens (tertiary/aromatic N) is 4. The van der Waals surface area contributed by atoms with Crippen LogP contribution in [0.15, 0.2) is 47.6 Å². The van der Waals surface area contributed by atoms with Crippen molar-refractivity contribution in [2.75, 3.05) is 31.2 Å². The molecule has 0 saturated carbocycles. The maximum Gasteiger partial charge on any atom is 0.216 e. The van der Waals surface area contributed by atoms with E-state index in [-0.39, 0.29) is 6.61 Å². The van der Waals surface area contributed by atoms with Crippen molar-refractivity contribution in [3.63, 3.8) is 0 Å². The molecule has 7 nitrogen and oxygen atoms in total. The number of hydrogen-bond acceptors (Lipinski definition) is 6. The maximum atomic E-state index is 5.93. The predicted octanol–water partition coefficient (Wildman–Crippen LogP) is 3.86. The van der Waals surface area contributed by atoms with E-state index in [1.54, 1.807) is 10.9 Å². The number of anilines is 1. The van der Waals surface area contributed by atoms with Crippen molar-refractivity contribution < 1.29 is 9.47 Å². The van der Waals surface area contributed by atoms with Crippen LogP contribution in [0.25, 0.3) is 0 Å². The molecule has 1 aliphatic rings. The van der Waals surface area contributed by atoms with Gasteiger partial charge in [-0.15, -0.1) is 0 Å². The molecule has 0 aliphatic carbocycles. The molecule has 3 aromatic rings. The van der Waals surface area contributed by atoms with Gasteiger partial charge >= 0.3 is 0 Å². The van der Waals surface area contributed by atoms with Gasteiger partial charge in [0, 0.05) is 18.8 Å². The van der Waals surface area contributed by atoms with Gasteiger partial charge in [0.05, 0.1) is 19.4 Å². The Balaban J connectivity index is 1.45. The molecule has 0 atom stereocenters. The Morgan fingerprint density at radius 3 is 2.67 bits per heavy atom. The van der Waals surface area contributed by atoms with E-state index in [2.05, 4.69) is 45.3 Å². The van der Waals surface area contributed by atoms with Gasteiger partial charge in [-0.1, -0.05) is 29.8 Å². The number of benzene rings is 2. The van der Waals surface area contributed by atoms with Crippen LogP contribution in [0.5, 0.6) is 5.75 Å². The van der Waals surface area contributed by atoms with Gasteiger partial charge in [-0.25, -0.2) is 5.10 Å². The molecule has 1 fully saturated rings. The van der Waals surface area contributed by atoms with Crippen LogP contribution in [-0.4, -0.2) is 47.4 Å². The lowest BCUT2D eigenvalue weighted by molar-refractivity contribution is 0.122. The predicted molar refractivity (Wildman–Crippen MR) is 120 cm³/mol. The van der Waals surface area contributed by atoms with Gasteiger partial charge in [0.15, 0.2) is 5.82 Å². The van der Waals surface area contributed by atoms with E-state index in [0.717, 1.165) is 43.2 Å². The first kappa shape index (κ1) is 20.3. The average molecular weight is 424 g/mol. The van der Waals surface area contributed by atoms with Gasteiger partial charge < -0.3 is 14.4 Å². The van der Waals surface area contributed by atoms with Crippen LogP contribution in [0.1, 0.15) is 22.5 Å². The Hall–Kier alpha value is -2.97. The van der Waals surface area contributed by atoms with Crippen molar-refractivity contribution in [2.24, 2.45) is 5.10 Å². The standard InChI is InChI=1S/C22H25N5O2S/c1-16-3-8-20(17(2)13-16)29-15-21-24-25-22(30)27(21)23-14-18-4-6-19(7-5-18)26-9-11-28-12-10-26/h3-8,13-14H,9-12,15H2,1-2H3,(H,25,30)/b23-14-. The van der Waals surface area contributed by atoms with Gasteiger partial charge in [0.2, 0.25) is 4.77 Å². The van der Waals surface area contributed by atoms with Crippen LogP contribution >= 0.6 is 12.2 Å². The largest absolute Gasteiger partial charge is 0.485 e. The second-order valence-electron chi connectivity index (χ2n) is 7.25. The third-order valence-corrected chi connectivity index (χ3v) is 5.26. The van der Waals surface area contributed by atoms with E-state index in [1.165, 1.54) is 11.3 Å². The Bertz CT molecular complexity index is 1080. The number of aryl methyl sites for hydroxylation is 2. The first-order valence-electron chi connectivity index (χ1n) is 9.93. The Morgan fingerprint density at radius 2 is 1.93 bits per heavy atom. The van der Waals surface area contributed by atoms with Crippen molar-refractivity contribution in [3.8, 4) is 5.75 Å². The minimum Gasteiger partial charge on any atom is -0.485 e. The van der Waals surface area contributed by atoms with E-state index >= 15 is 0 Å². The Kier molecular flexibility index (Phi) is 6.25. The Labute approximate surface area is 180 Å². The molecule has 2 heterocycles. The summed E-state index contributed by atoms with van der Waals surface area (Å²) in [5.41, 5.74) is 4.46. The van der Waals surface area contributed by atoms with E-state index < -0.39 is 0 Å². The third-order valence-electron chi connectivity index (χ3n) is 5.00. The lowest BCUT2D eigenvalue weighted by Crippen LogP contribution is -2.36. The van der Waals surface area contributed by atoms with E-state index in [1.807, 2.05) is 31.2 Å². The van der Waals surface area contributed by atoms with E-state index in [0.29, 0.717) is 10.6 Å². The van der Waals surface area contributed by atoms with Crippen molar-refractivity contribution >= 4 is 24.1 Å². The molecule has 0 amide bonds. The number of rotatable bonds is 6. The molecule has 0 spiro atoms. The van der Waals surface area contributed by atoms with Crippen molar-refractivity contribution in [1.82, 2.24) is 14.9 Å². The maximum absolute atomic E-state index is 5.93. The number of aromatic nitrogens is 3. The van der Waals surface area contributed by atoms with Gasteiger partial charge in [-0.3, -0.25) is 0 Å². The van der Waals surface area contributed by atoms with Crippen molar-refractivity contribution in [3.05, 3.63) is 69.8 Å². The SMILES string of the molecule is Cc1ccc(OCc2n[nH]c(=S)n2/N=C\c2ccc(N3CCOCC3)cc2)c(C)c1. The third kappa shape index (κ3) is 4.77. The molecule has 1 saturated heterocycles. The number of morpholine rings is 1. The van der Waals surface area contributed by atoms with Crippen LogP contribution in [-0.2, 0) is 11.3 Å². The monoisotopic (exact) mass is 423 g/mol. The van der Waals surface area contributed by atoms with Crippen LogP contribution in [0.3, 0.4) is 0 Å². The minimum atomic E-state index is 0.268. The highest BCUT2D eigenvalue weighted by Gasteiger charge is 2.11. The summed E-state index contributed by atoms with van der Waals surface area (Å²) in [6.07, 6.45) is 1.77. The lowest BCUT2D eigenvalue weighted by Gasteiger charge is -2.28. The number of aromatic amines is 1. The molecule has 0 radical (unpaired) electrons. The number of nitrogens with one attached hydrogen (secondary N) is 1. The number of H-pyrrole nitrogens is 1. The number of hydrogen-bond donors (Lipinski definition) is 1. The number of ether oxygens (including phenoxy) is 2. The highest BCUT2D eigenvalue weighted by Crippen LogP contribution is 2.20. The molecule has 4 rings (SSSR count). The summed E-state index contributed by atoms with van der Waals surface area (Å²) >= 11 is 5.33. The molecule has 1 aromatic heterocycles. The van der Waals surface area contributed by atoms with E-state index in [4.69, 9.17) is 21.7 Å². The quantitative estimate of drug-likeness (QED) is 0.482.